The Bertz CT molecular complexity index is 1120. The fraction of sp³-hybridized carbons (Fsp3) is 0.120. The Kier molecular flexibility index (Phi) is 5.52. The van der Waals surface area contributed by atoms with Gasteiger partial charge in [-0.2, -0.15) is 0 Å². The molecule has 29 heavy (non-hydrogen) atoms. The van der Waals surface area contributed by atoms with Crippen molar-refractivity contribution in [2.24, 2.45) is 0 Å². The Balaban J connectivity index is 1.75. The van der Waals surface area contributed by atoms with Crippen LogP contribution in [0.5, 0.6) is 5.75 Å². The van der Waals surface area contributed by atoms with Gasteiger partial charge >= 0.3 is 5.97 Å². The van der Waals surface area contributed by atoms with Crippen molar-refractivity contribution in [2.75, 3.05) is 7.11 Å². The molecule has 0 aliphatic carbocycles. The fourth-order valence-electron chi connectivity index (χ4n) is 3.29. The van der Waals surface area contributed by atoms with Crippen molar-refractivity contribution in [2.45, 2.75) is 13.0 Å². The molecule has 3 aromatic carbocycles. The molecule has 4 heteroatoms. The lowest BCUT2D eigenvalue weighted by molar-refractivity contribution is 0.0589. The first-order valence-corrected chi connectivity index (χ1v) is 9.45. The second kappa shape index (κ2) is 8.57. The van der Waals surface area contributed by atoms with Crippen LogP contribution in [-0.4, -0.2) is 18.1 Å². The molecule has 4 aromatic rings. The number of fused-ring (bicyclic) bond motifs is 1. The number of aromatic nitrogens is 1. The molecule has 0 fully saturated rings. The maximum Gasteiger partial charge on any atom is 0.360 e. The van der Waals surface area contributed by atoms with E-state index in [9.17, 15) is 4.79 Å². The molecule has 1 aromatic heterocycles. The van der Waals surface area contributed by atoms with Crippen LogP contribution in [0.1, 0.15) is 27.2 Å². The number of hydrogen-bond donors (Lipinski definition) is 0. The number of esters is 1. The lowest BCUT2D eigenvalue weighted by Gasteiger charge is -2.14. The van der Waals surface area contributed by atoms with Gasteiger partial charge in [-0.15, -0.1) is 0 Å². The van der Waals surface area contributed by atoms with Crippen LogP contribution in [0, 0.1) is 0 Å². The minimum atomic E-state index is -0.511. The monoisotopic (exact) mass is 383 g/mol. The Morgan fingerprint density at radius 1 is 0.862 bits per heavy atom. The number of carbonyl (C=O) groups excluding carboxylic acids is 1. The first-order chi connectivity index (χ1) is 14.2. The summed E-state index contributed by atoms with van der Waals surface area (Å²) in [4.78, 5) is 16.6. The average Bonchev–Trinajstić information content (AvgIpc) is 2.78. The summed E-state index contributed by atoms with van der Waals surface area (Å²) in [5, 5.41) is 1.77. The molecule has 0 aliphatic rings. The van der Waals surface area contributed by atoms with Crippen molar-refractivity contribution >= 4 is 16.7 Å². The van der Waals surface area contributed by atoms with Gasteiger partial charge < -0.3 is 9.47 Å². The summed E-state index contributed by atoms with van der Waals surface area (Å²) in [5.74, 6) is -0.0588. The number of methoxy groups -OCH3 is 1. The summed E-state index contributed by atoms with van der Waals surface area (Å²) in [5.41, 5.74) is 3.56. The highest BCUT2D eigenvalue weighted by Gasteiger charge is 2.19. The molecule has 0 saturated carbocycles. The van der Waals surface area contributed by atoms with E-state index in [1.165, 1.54) is 12.7 Å². The number of carbonyl (C=O) groups is 1. The van der Waals surface area contributed by atoms with Crippen LogP contribution >= 0.6 is 0 Å². The Hall–Kier alpha value is -3.66. The summed E-state index contributed by atoms with van der Waals surface area (Å²) in [6.07, 6.45) is 2.48. The number of nitrogens with zero attached hydrogens (tertiary/aromatic N) is 1. The lowest BCUT2D eigenvalue weighted by Crippen LogP contribution is -2.09. The van der Waals surface area contributed by atoms with Crippen LogP contribution in [0.25, 0.3) is 10.8 Å². The third-order valence-corrected chi connectivity index (χ3v) is 4.77. The van der Waals surface area contributed by atoms with Crippen LogP contribution in [0.4, 0.5) is 0 Å². The van der Waals surface area contributed by atoms with E-state index in [-0.39, 0.29) is 5.69 Å². The molecule has 0 aliphatic heterocycles. The van der Waals surface area contributed by atoms with Crippen molar-refractivity contribution in [3.8, 4) is 5.75 Å². The van der Waals surface area contributed by atoms with Gasteiger partial charge in [0.05, 0.1) is 7.11 Å². The molecule has 0 spiro atoms. The van der Waals surface area contributed by atoms with Gasteiger partial charge in [0.25, 0.3) is 0 Å². The van der Waals surface area contributed by atoms with E-state index < -0.39 is 5.97 Å². The summed E-state index contributed by atoms with van der Waals surface area (Å²) < 4.78 is 11.0. The minimum absolute atomic E-state index is 0.188. The van der Waals surface area contributed by atoms with E-state index in [2.05, 4.69) is 29.2 Å². The molecule has 1 heterocycles. The first-order valence-electron chi connectivity index (χ1n) is 9.45. The average molecular weight is 383 g/mol. The van der Waals surface area contributed by atoms with Gasteiger partial charge in [0.15, 0.2) is 11.4 Å². The summed E-state index contributed by atoms with van der Waals surface area (Å²) in [7, 11) is 1.35. The first kappa shape index (κ1) is 18.7. The van der Waals surface area contributed by atoms with E-state index in [0.29, 0.717) is 12.4 Å². The van der Waals surface area contributed by atoms with Gasteiger partial charge in [0.2, 0.25) is 0 Å². The molecule has 0 unspecified atom stereocenters. The van der Waals surface area contributed by atoms with Gasteiger partial charge in [-0.3, -0.25) is 0 Å². The molecule has 4 nitrogen and oxygen atoms in total. The van der Waals surface area contributed by atoms with Crippen molar-refractivity contribution in [1.29, 1.82) is 0 Å². The van der Waals surface area contributed by atoms with E-state index in [4.69, 9.17) is 9.47 Å². The van der Waals surface area contributed by atoms with Gasteiger partial charge in [0.1, 0.15) is 6.61 Å². The lowest BCUT2D eigenvalue weighted by atomic mass is 10.0. The third kappa shape index (κ3) is 4.27. The quantitative estimate of drug-likeness (QED) is 0.430. The molecule has 0 amide bonds. The smallest absolute Gasteiger partial charge is 0.360 e. The van der Waals surface area contributed by atoms with E-state index in [1.807, 2.05) is 54.6 Å². The molecule has 0 radical (unpaired) electrons. The van der Waals surface area contributed by atoms with E-state index >= 15 is 0 Å². The Morgan fingerprint density at radius 2 is 1.55 bits per heavy atom. The molecule has 0 bridgehead atoms. The topological polar surface area (TPSA) is 48.4 Å². The summed E-state index contributed by atoms with van der Waals surface area (Å²) in [6, 6.07) is 26.3. The largest absolute Gasteiger partial charge is 0.486 e. The van der Waals surface area contributed by atoms with Gasteiger partial charge in [-0.25, -0.2) is 9.78 Å². The second-order valence-electron chi connectivity index (χ2n) is 6.79. The molecule has 0 saturated heterocycles. The highest BCUT2D eigenvalue weighted by Crippen LogP contribution is 2.31. The standard InChI is InChI=1S/C25H21NO3/c1-28-25(27)23-24(29-17-19-10-6-3-7-11-19)22-15-20(12-13-21(22)16-26-23)14-18-8-4-2-5-9-18/h2-13,15-16H,14,17H2,1H3. The predicted octanol–water partition coefficient (Wildman–Crippen LogP) is 5.19. The predicted molar refractivity (Wildman–Crippen MR) is 113 cm³/mol. The van der Waals surface area contributed by atoms with Crippen LogP contribution in [0.2, 0.25) is 0 Å². The number of benzene rings is 3. The Labute approximate surface area is 169 Å². The number of rotatable bonds is 6. The normalized spacial score (nSPS) is 10.7. The zero-order valence-corrected chi connectivity index (χ0v) is 16.2. The molecule has 4 rings (SSSR count). The number of hydrogen-bond acceptors (Lipinski definition) is 4. The van der Waals surface area contributed by atoms with Gasteiger partial charge in [0, 0.05) is 17.0 Å². The van der Waals surface area contributed by atoms with Crippen LogP contribution in [0.15, 0.2) is 85.1 Å². The molecule has 0 atom stereocenters. The minimum Gasteiger partial charge on any atom is -0.486 e. The molecule has 0 N–H and O–H groups in total. The summed E-state index contributed by atoms with van der Waals surface area (Å²) in [6.45, 7) is 0.342. The van der Waals surface area contributed by atoms with Crippen LogP contribution in [-0.2, 0) is 17.8 Å². The number of ether oxygens (including phenoxy) is 2. The maximum atomic E-state index is 12.3. The second-order valence-corrected chi connectivity index (χ2v) is 6.79. The molecular weight excluding hydrogens is 362 g/mol. The number of pyridine rings is 1. The van der Waals surface area contributed by atoms with Crippen molar-refractivity contribution < 1.29 is 14.3 Å². The van der Waals surface area contributed by atoms with Crippen LogP contribution < -0.4 is 4.74 Å². The van der Waals surface area contributed by atoms with Crippen molar-refractivity contribution in [3.05, 3.63) is 107 Å². The maximum absolute atomic E-state index is 12.3. The highest BCUT2D eigenvalue weighted by atomic mass is 16.5. The third-order valence-electron chi connectivity index (χ3n) is 4.77. The van der Waals surface area contributed by atoms with Crippen molar-refractivity contribution in [1.82, 2.24) is 4.98 Å². The van der Waals surface area contributed by atoms with Gasteiger partial charge in [-0.05, 0) is 29.2 Å². The SMILES string of the molecule is COC(=O)c1ncc2ccc(Cc3ccccc3)cc2c1OCc1ccccc1. The Morgan fingerprint density at radius 3 is 2.24 bits per heavy atom. The summed E-state index contributed by atoms with van der Waals surface area (Å²) >= 11 is 0. The zero-order valence-electron chi connectivity index (χ0n) is 16.2. The van der Waals surface area contributed by atoms with E-state index in [0.717, 1.165) is 28.3 Å². The zero-order chi connectivity index (χ0) is 20.1. The van der Waals surface area contributed by atoms with Gasteiger partial charge in [-0.1, -0.05) is 72.8 Å². The fourth-order valence-corrected chi connectivity index (χ4v) is 3.29. The van der Waals surface area contributed by atoms with E-state index in [1.54, 1.807) is 6.20 Å². The van der Waals surface area contributed by atoms with Crippen molar-refractivity contribution in [3.63, 3.8) is 0 Å². The van der Waals surface area contributed by atoms with Crippen LogP contribution in [0.3, 0.4) is 0 Å². The molecular formula is C25H21NO3. The highest BCUT2D eigenvalue weighted by molar-refractivity contribution is 5.99. The molecule has 144 valence electrons.